The van der Waals surface area contributed by atoms with Crippen molar-refractivity contribution in [3.63, 3.8) is 0 Å². The van der Waals surface area contributed by atoms with E-state index < -0.39 is 0 Å². The van der Waals surface area contributed by atoms with Crippen LogP contribution in [-0.4, -0.2) is 21.2 Å². The van der Waals surface area contributed by atoms with Crippen molar-refractivity contribution in [1.29, 1.82) is 0 Å². The lowest BCUT2D eigenvalue weighted by molar-refractivity contribution is -0.124. The predicted octanol–water partition coefficient (Wildman–Crippen LogP) is 6.79. The minimum Gasteiger partial charge on any atom is -0.457 e. The fraction of sp³-hybridized carbons (Fsp3) is 0.300. The summed E-state index contributed by atoms with van der Waals surface area (Å²) in [5.41, 5.74) is 0.648. The third-order valence-corrected chi connectivity index (χ3v) is 6.83. The molecule has 1 aromatic carbocycles. The van der Waals surface area contributed by atoms with E-state index in [1.165, 1.54) is 18.2 Å². The summed E-state index contributed by atoms with van der Waals surface area (Å²) in [7, 11) is 0. The van der Waals surface area contributed by atoms with E-state index in [2.05, 4.69) is 0 Å². The molecule has 7 heteroatoms. The topological polar surface area (TPSA) is 33.5 Å². The largest absolute Gasteiger partial charge is 0.457 e. The molecule has 4 rings (SSSR count). The molecule has 0 bridgehead atoms. The van der Waals surface area contributed by atoms with Gasteiger partial charge in [-0.2, -0.15) is 0 Å². The number of furan rings is 1. The van der Waals surface area contributed by atoms with E-state index in [1.54, 1.807) is 35.2 Å². The van der Waals surface area contributed by atoms with Crippen LogP contribution in [0.2, 0.25) is 10.0 Å². The number of rotatable bonds is 3. The molecular formula is C20H17Cl2NO2S2. The van der Waals surface area contributed by atoms with Gasteiger partial charge in [-0.1, -0.05) is 72.5 Å². The summed E-state index contributed by atoms with van der Waals surface area (Å²) >= 11 is 19.3. The summed E-state index contributed by atoms with van der Waals surface area (Å²) in [4.78, 5) is 15.3. The van der Waals surface area contributed by atoms with Gasteiger partial charge in [-0.25, -0.2) is 0 Å². The molecule has 27 heavy (non-hydrogen) atoms. The number of benzene rings is 1. The van der Waals surface area contributed by atoms with Gasteiger partial charge in [-0.3, -0.25) is 9.69 Å². The Labute approximate surface area is 177 Å². The third-order valence-electron chi connectivity index (χ3n) is 4.87. The average molecular weight is 438 g/mol. The van der Waals surface area contributed by atoms with Crippen LogP contribution in [0.5, 0.6) is 0 Å². The van der Waals surface area contributed by atoms with Gasteiger partial charge in [0.15, 0.2) is 0 Å². The molecule has 1 amide bonds. The van der Waals surface area contributed by atoms with Crippen molar-refractivity contribution in [2.75, 3.05) is 0 Å². The lowest BCUT2D eigenvalue weighted by Gasteiger charge is -2.29. The van der Waals surface area contributed by atoms with E-state index in [0.29, 0.717) is 36.4 Å². The zero-order chi connectivity index (χ0) is 19.0. The molecule has 0 unspecified atom stereocenters. The SMILES string of the molecule is O=C1C(=Cc2ccc(-c3c(Cl)cccc3Cl)o2)SC(=S)N1C1CCCCC1. The average Bonchev–Trinajstić information content (AvgIpc) is 3.20. The fourth-order valence-electron chi connectivity index (χ4n) is 3.56. The molecule has 2 fully saturated rings. The van der Waals surface area contributed by atoms with Crippen LogP contribution in [0.25, 0.3) is 17.4 Å². The number of nitrogens with zero attached hydrogens (tertiary/aromatic N) is 1. The van der Waals surface area contributed by atoms with Crippen molar-refractivity contribution in [2.24, 2.45) is 0 Å². The van der Waals surface area contributed by atoms with Gasteiger partial charge in [0.2, 0.25) is 0 Å². The van der Waals surface area contributed by atoms with E-state index >= 15 is 0 Å². The van der Waals surface area contributed by atoms with Gasteiger partial charge in [0.25, 0.3) is 5.91 Å². The van der Waals surface area contributed by atoms with Crippen molar-refractivity contribution in [1.82, 2.24) is 4.90 Å². The molecule has 1 saturated heterocycles. The van der Waals surface area contributed by atoms with E-state index in [9.17, 15) is 4.79 Å². The van der Waals surface area contributed by atoms with Gasteiger partial charge in [-0.15, -0.1) is 0 Å². The number of halogens is 2. The minimum absolute atomic E-state index is 0.0226. The maximum Gasteiger partial charge on any atom is 0.266 e. The van der Waals surface area contributed by atoms with Crippen LogP contribution >= 0.6 is 47.2 Å². The summed E-state index contributed by atoms with van der Waals surface area (Å²) < 4.78 is 6.52. The Morgan fingerprint density at radius 2 is 1.81 bits per heavy atom. The van der Waals surface area contributed by atoms with E-state index in [0.717, 1.165) is 25.7 Å². The van der Waals surface area contributed by atoms with Gasteiger partial charge in [0.1, 0.15) is 15.8 Å². The molecule has 0 spiro atoms. The zero-order valence-electron chi connectivity index (χ0n) is 14.4. The molecule has 140 valence electrons. The summed E-state index contributed by atoms with van der Waals surface area (Å²) in [6.07, 6.45) is 7.34. The maximum absolute atomic E-state index is 12.9. The molecular weight excluding hydrogens is 421 g/mol. The van der Waals surface area contributed by atoms with Crippen molar-refractivity contribution in [2.45, 2.75) is 38.1 Å². The minimum atomic E-state index is -0.0226. The molecule has 1 aromatic heterocycles. The fourth-order valence-corrected chi connectivity index (χ4v) is 5.53. The number of carbonyl (C=O) groups is 1. The predicted molar refractivity (Wildman–Crippen MR) is 116 cm³/mol. The van der Waals surface area contributed by atoms with Crippen molar-refractivity contribution < 1.29 is 9.21 Å². The lowest BCUT2D eigenvalue weighted by atomic mass is 9.94. The highest BCUT2D eigenvalue weighted by molar-refractivity contribution is 8.26. The smallest absolute Gasteiger partial charge is 0.266 e. The Bertz CT molecular complexity index is 912. The highest BCUT2D eigenvalue weighted by atomic mass is 35.5. The first kappa shape index (κ1) is 19.1. The van der Waals surface area contributed by atoms with Crippen LogP contribution in [0, 0.1) is 0 Å². The van der Waals surface area contributed by atoms with E-state index in [4.69, 9.17) is 39.8 Å². The standard InChI is InChI=1S/C20H17Cl2NO2S2/c21-14-7-4-8-15(22)18(14)16-10-9-13(25-16)11-17-19(24)23(20(26)27-17)12-5-2-1-3-6-12/h4,7-12H,1-3,5-6H2. The van der Waals surface area contributed by atoms with Gasteiger partial charge >= 0.3 is 0 Å². The van der Waals surface area contributed by atoms with Gasteiger partial charge < -0.3 is 4.42 Å². The second-order valence-electron chi connectivity index (χ2n) is 6.64. The summed E-state index contributed by atoms with van der Waals surface area (Å²) in [6, 6.07) is 9.16. The Morgan fingerprint density at radius 3 is 2.52 bits per heavy atom. The quantitative estimate of drug-likeness (QED) is 0.390. The van der Waals surface area contributed by atoms with Crippen molar-refractivity contribution >= 4 is 63.5 Å². The Morgan fingerprint density at radius 1 is 1.11 bits per heavy atom. The molecule has 2 aromatic rings. The van der Waals surface area contributed by atoms with Crippen molar-refractivity contribution in [3.05, 3.63) is 51.0 Å². The first-order valence-corrected chi connectivity index (χ1v) is 10.8. The third kappa shape index (κ3) is 3.83. The van der Waals surface area contributed by atoms with Crippen molar-refractivity contribution in [3.8, 4) is 11.3 Å². The molecule has 0 atom stereocenters. The number of hydrogen-bond donors (Lipinski definition) is 0. The molecule has 2 aliphatic rings. The molecule has 1 aliphatic carbocycles. The monoisotopic (exact) mass is 437 g/mol. The summed E-state index contributed by atoms with van der Waals surface area (Å²) in [5.74, 6) is 1.12. The van der Waals surface area contributed by atoms with Crippen LogP contribution < -0.4 is 0 Å². The summed E-state index contributed by atoms with van der Waals surface area (Å²) in [5, 5.41) is 1.04. The van der Waals surface area contributed by atoms with Crippen LogP contribution in [0.1, 0.15) is 37.9 Å². The van der Waals surface area contributed by atoms with Crippen LogP contribution in [0.15, 0.2) is 39.7 Å². The molecule has 0 radical (unpaired) electrons. The Kier molecular flexibility index (Phi) is 5.65. The number of amides is 1. The summed E-state index contributed by atoms with van der Waals surface area (Å²) in [6.45, 7) is 0. The van der Waals surface area contributed by atoms with E-state index in [-0.39, 0.29) is 11.9 Å². The second-order valence-corrected chi connectivity index (χ2v) is 9.13. The normalized spacial score (nSPS) is 20.1. The molecule has 0 N–H and O–H groups in total. The van der Waals surface area contributed by atoms with E-state index in [1.807, 2.05) is 6.07 Å². The lowest BCUT2D eigenvalue weighted by Crippen LogP contribution is -2.39. The second kappa shape index (κ2) is 8.00. The maximum atomic E-state index is 12.9. The number of hydrogen-bond acceptors (Lipinski definition) is 4. The Hall–Kier alpha value is -1.27. The van der Waals surface area contributed by atoms with Crippen LogP contribution in [-0.2, 0) is 4.79 Å². The molecule has 1 aliphatic heterocycles. The molecule has 1 saturated carbocycles. The van der Waals surface area contributed by atoms with Gasteiger partial charge in [-0.05, 0) is 37.1 Å². The Balaban J connectivity index is 1.59. The number of thioether (sulfide) groups is 1. The molecule has 2 heterocycles. The first-order valence-electron chi connectivity index (χ1n) is 8.86. The number of thiocarbonyl (C=S) groups is 1. The highest BCUT2D eigenvalue weighted by Gasteiger charge is 2.37. The van der Waals surface area contributed by atoms with Crippen LogP contribution in [0.4, 0.5) is 0 Å². The zero-order valence-corrected chi connectivity index (χ0v) is 17.6. The van der Waals surface area contributed by atoms with Crippen LogP contribution in [0.3, 0.4) is 0 Å². The highest BCUT2D eigenvalue weighted by Crippen LogP contribution is 2.39. The molecule has 3 nitrogen and oxygen atoms in total. The number of carbonyl (C=O) groups excluding carboxylic acids is 1. The first-order chi connectivity index (χ1) is 13.0. The van der Waals surface area contributed by atoms with Gasteiger partial charge in [0, 0.05) is 12.1 Å². The van der Waals surface area contributed by atoms with Gasteiger partial charge in [0.05, 0.1) is 20.5 Å².